The molecule has 1 heterocycles. The molecule has 20 heavy (non-hydrogen) atoms. The number of nitrogens with zero attached hydrogens (tertiary/aromatic N) is 1. The minimum absolute atomic E-state index is 0.0871. The third kappa shape index (κ3) is 5.46. The second kappa shape index (κ2) is 8.39. The molecule has 3 amide bonds. The Morgan fingerprint density at radius 1 is 1.20 bits per heavy atom. The van der Waals surface area contributed by atoms with Gasteiger partial charge in [-0.2, -0.15) is 0 Å². The topological polar surface area (TPSA) is 87.7 Å². The number of carbonyl (C=O) groups is 3. The van der Waals surface area contributed by atoms with Crippen LogP contribution < -0.4 is 10.6 Å². The van der Waals surface area contributed by atoms with Gasteiger partial charge in [-0.1, -0.05) is 0 Å². The number of hydrogen-bond acceptors (Lipinski definition) is 4. The molecule has 1 aliphatic heterocycles. The Bertz CT molecular complexity index is 354. The maximum Gasteiger partial charge on any atom is 0.325 e. The molecule has 1 unspecified atom stereocenters. The SMILES string of the molecule is CCOC(=O)CNC(=O)NC(C)C(=O)N1CCCCC1. The molecule has 1 atom stereocenters. The van der Waals surface area contributed by atoms with Gasteiger partial charge >= 0.3 is 12.0 Å². The van der Waals surface area contributed by atoms with Crippen molar-refractivity contribution in [3.63, 3.8) is 0 Å². The largest absolute Gasteiger partial charge is 0.465 e. The molecule has 1 rings (SSSR count). The molecule has 0 saturated carbocycles. The molecule has 2 N–H and O–H groups in total. The van der Waals surface area contributed by atoms with E-state index < -0.39 is 18.0 Å². The monoisotopic (exact) mass is 285 g/mol. The number of esters is 1. The van der Waals surface area contributed by atoms with Crippen LogP contribution in [-0.4, -0.2) is 55.1 Å². The van der Waals surface area contributed by atoms with Gasteiger partial charge in [0.25, 0.3) is 0 Å². The number of ether oxygens (including phenoxy) is 1. The molecule has 1 fully saturated rings. The van der Waals surface area contributed by atoms with Crippen molar-refractivity contribution in [3.8, 4) is 0 Å². The third-order valence-corrected chi connectivity index (χ3v) is 3.08. The van der Waals surface area contributed by atoms with Crippen molar-refractivity contribution in [2.24, 2.45) is 0 Å². The van der Waals surface area contributed by atoms with Crippen LogP contribution in [0.4, 0.5) is 4.79 Å². The van der Waals surface area contributed by atoms with Crippen LogP contribution in [-0.2, 0) is 14.3 Å². The number of urea groups is 1. The zero-order valence-electron chi connectivity index (χ0n) is 12.1. The summed E-state index contributed by atoms with van der Waals surface area (Å²) in [5.74, 6) is -0.589. The second-order valence-corrected chi connectivity index (χ2v) is 4.74. The lowest BCUT2D eigenvalue weighted by Gasteiger charge is -2.29. The number of nitrogens with one attached hydrogen (secondary N) is 2. The highest BCUT2D eigenvalue weighted by Crippen LogP contribution is 2.09. The Morgan fingerprint density at radius 2 is 1.85 bits per heavy atom. The lowest BCUT2D eigenvalue weighted by Crippen LogP contribution is -2.51. The van der Waals surface area contributed by atoms with Gasteiger partial charge < -0.3 is 20.3 Å². The molecule has 0 radical (unpaired) electrons. The van der Waals surface area contributed by atoms with E-state index >= 15 is 0 Å². The lowest BCUT2D eigenvalue weighted by atomic mass is 10.1. The minimum Gasteiger partial charge on any atom is -0.465 e. The molecule has 7 nitrogen and oxygen atoms in total. The van der Waals surface area contributed by atoms with Crippen LogP contribution in [0.3, 0.4) is 0 Å². The van der Waals surface area contributed by atoms with E-state index in [1.54, 1.807) is 18.7 Å². The first kappa shape index (κ1) is 16.3. The molecular weight excluding hydrogens is 262 g/mol. The third-order valence-electron chi connectivity index (χ3n) is 3.08. The number of carbonyl (C=O) groups excluding carboxylic acids is 3. The van der Waals surface area contributed by atoms with Crippen molar-refractivity contribution in [2.75, 3.05) is 26.2 Å². The Morgan fingerprint density at radius 3 is 2.45 bits per heavy atom. The average molecular weight is 285 g/mol. The van der Waals surface area contributed by atoms with Crippen molar-refractivity contribution >= 4 is 17.9 Å². The number of amides is 3. The fourth-order valence-corrected chi connectivity index (χ4v) is 2.06. The van der Waals surface area contributed by atoms with Crippen LogP contribution in [0, 0.1) is 0 Å². The molecule has 0 aromatic carbocycles. The molecule has 0 aliphatic carbocycles. The van der Waals surface area contributed by atoms with Crippen LogP contribution in [0.2, 0.25) is 0 Å². The Kier molecular flexibility index (Phi) is 6.83. The first-order chi connectivity index (χ1) is 9.54. The summed E-state index contributed by atoms with van der Waals surface area (Å²) in [5.41, 5.74) is 0. The summed E-state index contributed by atoms with van der Waals surface area (Å²) in [7, 11) is 0. The Labute approximate surface area is 119 Å². The standard InChI is InChI=1S/C13H23N3O4/c1-3-20-11(17)9-14-13(19)15-10(2)12(18)16-7-5-4-6-8-16/h10H,3-9H2,1-2H3,(H2,14,15,19). The molecule has 0 aromatic heterocycles. The van der Waals surface area contributed by atoms with E-state index in [-0.39, 0.29) is 19.1 Å². The zero-order valence-corrected chi connectivity index (χ0v) is 12.1. The van der Waals surface area contributed by atoms with Gasteiger partial charge in [-0.25, -0.2) is 4.79 Å². The first-order valence-electron chi connectivity index (χ1n) is 7.03. The molecular formula is C13H23N3O4. The minimum atomic E-state index is -0.602. The quantitative estimate of drug-likeness (QED) is 0.709. The molecule has 114 valence electrons. The van der Waals surface area contributed by atoms with E-state index in [4.69, 9.17) is 0 Å². The van der Waals surface area contributed by atoms with E-state index in [1.807, 2.05) is 0 Å². The van der Waals surface area contributed by atoms with Gasteiger partial charge in [0, 0.05) is 13.1 Å². The van der Waals surface area contributed by atoms with E-state index in [0.29, 0.717) is 0 Å². The lowest BCUT2D eigenvalue weighted by molar-refractivity contribution is -0.141. The molecule has 0 spiro atoms. The second-order valence-electron chi connectivity index (χ2n) is 4.74. The predicted molar refractivity (Wildman–Crippen MR) is 73.1 cm³/mol. The number of likely N-dealkylation sites (tertiary alicyclic amines) is 1. The van der Waals surface area contributed by atoms with E-state index in [9.17, 15) is 14.4 Å². The first-order valence-corrected chi connectivity index (χ1v) is 7.03. The van der Waals surface area contributed by atoms with E-state index in [2.05, 4.69) is 15.4 Å². The Hall–Kier alpha value is -1.79. The van der Waals surface area contributed by atoms with Crippen molar-refractivity contribution in [3.05, 3.63) is 0 Å². The van der Waals surface area contributed by atoms with Gasteiger partial charge in [-0.3, -0.25) is 9.59 Å². The van der Waals surface area contributed by atoms with Gasteiger partial charge in [0.05, 0.1) is 6.61 Å². The summed E-state index contributed by atoms with van der Waals surface area (Å²) in [6.45, 7) is 4.89. The number of rotatable bonds is 5. The van der Waals surface area contributed by atoms with E-state index in [0.717, 1.165) is 32.4 Å². The van der Waals surface area contributed by atoms with E-state index in [1.165, 1.54) is 0 Å². The van der Waals surface area contributed by atoms with Crippen LogP contribution in [0.1, 0.15) is 33.1 Å². The van der Waals surface area contributed by atoms with Crippen LogP contribution in [0.25, 0.3) is 0 Å². The number of piperidine rings is 1. The fraction of sp³-hybridized carbons (Fsp3) is 0.769. The molecule has 1 aliphatic rings. The van der Waals surface area contributed by atoms with Crippen molar-refractivity contribution in [1.29, 1.82) is 0 Å². The highest BCUT2D eigenvalue weighted by Gasteiger charge is 2.23. The summed E-state index contributed by atoms with van der Waals surface area (Å²) in [4.78, 5) is 36.5. The fourth-order valence-electron chi connectivity index (χ4n) is 2.06. The van der Waals surface area contributed by atoms with Gasteiger partial charge in [0.15, 0.2) is 0 Å². The highest BCUT2D eigenvalue weighted by atomic mass is 16.5. The van der Waals surface area contributed by atoms with Gasteiger partial charge in [0.2, 0.25) is 5.91 Å². The van der Waals surface area contributed by atoms with Crippen molar-refractivity contribution in [1.82, 2.24) is 15.5 Å². The van der Waals surface area contributed by atoms with Crippen LogP contribution >= 0.6 is 0 Å². The molecule has 0 bridgehead atoms. The zero-order chi connectivity index (χ0) is 15.0. The van der Waals surface area contributed by atoms with Crippen LogP contribution in [0.15, 0.2) is 0 Å². The molecule has 0 aromatic rings. The summed E-state index contributed by atoms with van der Waals surface area (Å²) >= 11 is 0. The maximum atomic E-state index is 12.1. The summed E-state index contributed by atoms with van der Waals surface area (Å²) in [5, 5.41) is 4.89. The average Bonchev–Trinajstić information content (AvgIpc) is 2.45. The maximum absolute atomic E-state index is 12.1. The van der Waals surface area contributed by atoms with Crippen molar-refractivity contribution < 1.29 is 19.1 Å². The molecule has 1 saturated heterocycles. The summed E-state index contributed by atoms with van der Waals surface area (Å²) < 4.78 is 4.68. The summed E-state index contributed by atoms with van der Waals surface area (Å²) in [6, 6.07) is -1.15. The smallest absolute Gasteiger partial charge is 0.325 e. The van der Waals surface area contributed by atoms with Crippen molar-refractivity contribution in [2.45, 2.75) is 39.2 Å². The van der Waals surface area contributed by atoms with Gasteiger partial charge in [-0.15, -0.1) is 0 Å². The normalized spacial score (nSPS) is 16.2. The predicted octanol–water partition coefficient (Wildman–Crippen LogP) is 0.250. The summed E-state index contributed by atoms with van der Waals surface area (Å²) in [6.07, 6.45) is 3.16. The number of hydrogen-bond donors (Lipinski definition) is 2. The Balaban J connectivity index is 2.29. The highest BCUT2D eigenvalue weighted by molar-refractivity contribution is 5.88. The van der Waals surface area contributed by atoms with Gasteiger partial charge in [0.1, 0.15) is 12.6 Å². The molecule has 7 heteroatoms. The van der Waals surface area contributed by atoms with Crippen LogP contribution in [0.5, 0.6) is 0 Å². The van der Waals surface area contributed by atoms with Gasteiger partial charge in [-0.05, 0) is 33.1 Å².